The summed E-state index contributed by atoms with van der Waals surface area (Å²) in [5, 5.41) is 2.88. The molecule has 0 saturated carbocycles. The van der Waals surface area contributed by atoms with E-state index in [1.165, 1.54) is 7.11 Å². The van der Waals surface area contributed by atoms with Crippen molar-refractivity contribution in [2.24, 2.45) is 5.92 Å². The maximum Gasteiger partial charge on any atom is 0.308 e. The summed E-state index contributed by atoms with van der Waals surface area (Å²) in [7, 11) is 1.39. The van der Waals surface area contributed by atoms with Gasteiger partial charge in [-0.05, 0) is 19.3 Å². The minimum absolute atomic E-state index is 0.0957. The van der Waals surface area contributed by atoms with Crippen molar-refractivity contribution in [3.8, 4) is 0 Å². The summed E-state index contributed by atoms with van der Waals surface area (Å²) < 4.78 is 4.63. The fourth-order valence-electron chi connectivity index (χ4n) is 1.78. The number of piperidine rings is 1. The van der Waals surface area contributed by atoms with Crippen LogP contribution in [0.5, 0.6) is 0 Å². The van der Waals surface area contributed by atoms with Crippen LogP contribution in [0.15, 0.2) is 0 Å². The minimum Gasteiger partial charge on any atom is -0.469 e. The van der Waals surface area contributed by atoms with Crippen LogP contribution in [0, 0.1) is 5.92 Å². The van der Waals surface area contributed by atoms with Gasteiger partial charge in [0.25, 0.3) is 0 Å². The Morgan fingerprint density at radius 2 is 2.43 bits per heavy atom. The minimum atomic E-state index is -0.204. The standard InChI is InChI=1S/C10H17NO3/c1-7(10(13)14-2)6-8-4-3-5-9(12)11-8/h7-8H,3-6H2,1-2H3,(H,11,12). The molecule has 1 N–H and O–H groups in total. The second-order valence-electron chi connectivity index (χ2n) is 3.82. The lowest BCUT2D eigenvalue weighted by atomic mass is 9.95. The molecule has 0 bridgehead atoms. The average molecular weight is 199 g/mol. The Labute approximate surface area is 84.0 Å². The predicted molar refractivity (Wildman–Crippen MR) is 51.6 cm³/mol. The molecule has 1 fully saturated rings. The molecule has 2 atom stereocenters. The number of esters is 1. The number of ether oxygens (including phenoxy) is 1. The molecule has 0 aliphatic carbocycles. The van der Waals surface area contributed by atoms with E-state index < -0.39 is 0 Å². The Bertz CT molecular complexity index is 227. The Morgan fingerprint density at radius 1 is 1.71 bits per heavy atom. The van der Waals surface area contributed by atoms with Gasteiger partial charge in [-0.3, -0.25) is 9.59 Å². The van der Waals surface area contributed by atoms with Gasteiger partial charge in [0.1, 0.15) is 0 Å². The molecule has 4 nitrogen and oxygen atoms in total. The molecule has 1 amide bonds. The molecule has 1 saturated heterocycles. The lowest BCUT2D eigenvalue weighted by Gasteiger charge is -2.24. The fourth-order valence-corrected chi connectivity index (χ4v) is 1.78. The van der Waals surface area contributed by atoms with Crippen LogP contribution in [0.4, 0.5) is 0 Å². The highest BCUT2D eigenvalue weighted by Crippen LogP contribution is 2.16. The summed E-state index contributed by atoms with van der Waals surface area (Å²) in [4.78, 5) is 22.2. The number of hydrogen-bond donors (Lipinski definition) is 1. The van der Waals surface area contributed by atoms with Crippen LogP contribution in [0.3, 0.4) is 0 Å². The van der Waals surface area contributed by atoms with E-state index in [0.29, 0.717) is 12.8 Å². The number of methoxy groups -OCH3 is 1. The van der Waals surface area contributed by atoms with Crippen molar-refractivity contribution >= 4 is 11.9 Å². The van der Waals surface area contributed by atoms with Gasteiger partial charge in [-0.1, -0.05) is 6.92 Å². The van der Waals surface area contributed by atoms with Crippen molar-refractivity contribution < 1.29 is 14.3 Å². The van der Waals surface area contributed by atoms with Gasteiger partial charge in [0.2, 0.25) is 5.91 Å². The number of rotatable bonds is 3. The Morgan fingerprint density at radius 3 is 3.00 bits per heavy atom. The normalized spacial score (nSPS) is 23.9. The van der Waals surface area contributed by atoms with Gasteiger partial charge in [-0.25, -0.2) is 0 Å². The second kappa shape index (κ2) is 4.98. The first kappa shape index (κ1) is 11.0. The van der Waals surface area contributed by atoms with Crippen molar-refractivity contribution in [2.75, 3.05) is 7.11 Å². The highest BCUT2D eigenvalue weighted by Gasteiger charge is 2.23. The van der Waals surface area contributed by atoms with Gasteiger partial charge in [0.05, 0.1) is 13.0 Å². The molecule has 0 aromatic carbocycles. The third-order valence-electron chi connectivity index (χ3n) is 2.56. The fraction of sp³-hybridized carbons (Fsp3) is 0.800. The van der Waals surface area contributed by atoms with Crippen molar-refractivity contribution in [3.63, 3.8) is 0 Å². The molecular weight excluding hydrogens is 182 g/mol. The summed E-state index contributed by atoms with van der Waals surface area (Å²) in [5.74, 6) is -0.244. The topological polar surface area (TPSA) is 55.4 Å². The van der Waals surface area contributed by atoms with Crippen molar-refractivity contribution in [3.05, 3.63) is 0 Å². The SMILES string of the molecule is COC(=O)C(C)CC1CCCC(=O)N1. The maximum atomic E-state index is 11.1. The Hall–Kier alpha value is -1.06. The van der Waals surface area contributed by atoms with E-state index in [2.05, 4.69) is 10.1 Å². The number of hydrogen-bond acceptors (Lipinski definition) is 3. The highest BCUT2D eigenvalue weighted by molar-refractivity contribution is 5.77. The average Bonchev–Trinajstić information content (AvgIpc) is 2.16. The van der Waals surface area contributed by atoms with Crippen LogP contribution in [0.25, 0.3) is 0 Å². The molecule has 0 aromatic heterocycles. The molecule has 1 rings (SSSR count). The number of amides is 1. The maximum absolute atomic E-state index is 11.1. The Balaban J connectivity index is 2.35. The zero-order chi connectivity index (χ0) is 10.6. The van der Waals surface area contributed by atoms with Crippen LogP contribution < -0.4 is 5.32 Å². The smallest absolute Gasteiger partial charge is 0.308 e. The van der Waals surface area contributed by atoms with Gasteiger partial charge in [0, 0.05) is 12.5 Å². The number of nitrogens with one attached hydrogen (secondary N) is 1. The predicted octanol–water partition coefficient (Wildman–Crippen LogP) is 0.854. The van der Waals surface area contributed by atoms with Crippen LogP contribution in [0.1, 0.15) is 32.6 Å². The molecule has 1 aliphatic rings. The van der Waals surface area contributed by atoms with E-state index in [1.54, 1.807) is 0 Å². The van der Waals surface area contributed by atoms with Crippen LogP contribution in [-0.2, 0) is 14.3 Å². The van der Waals surface area contributed by atoms with E-state index in [4.69, 9.17) is 0 Å². The summed E-state index contributed by atoms with van der Waals surface area (Å²) in [5.41, 5.74) is 0. The highest BCUT2D eigenvalue weighted by atomic mass is 16.5. The third-order valence-corrected chi connectivity index (χ3v) is 2.56. The molecule has 2 unspecified atom stereocenters. The van der Waals surface area contributed by atoms with Gasteiger partial charge >= 0.3 is 5.97 Å². The van der Waals surface area contributed by atoms with E-state index in [1.807, 2.05) is 6.92 Å². The summed E-state index contributed by atoms with van der Waals surface area (Å²) in [6.45, 7) is 1.83. The monoisotopic (exact) mass is 199 g/mol. The molecule has 4 heteroatoms. The third kappa shape index (κ3) is 3.01. The zero-order valence-corrected chi connectivity index (χ0v) is 8.71. The van der Waals surface area contributed by atoms with Crippen molar-refractivity contribution in [1.29, 1.82) is 0 Å². The molecule has 1 heterocycles. The van der Waals surface area contributed by atoms with Crippen LogP contribution in [-0.4, -0.2) is 25.0 Å². The van der Waals surface area contributed by atoms with E-state index in [0.717, 1.165) is 12.8 Å². The molecule has 0 radical (unpaired) electrons. The quantitative estimate of drug-likeness (QED) is 0.686. The lowest BCUT2D eigenvalue weighted by Crippen LogP contribution is -2.40. The lowest BCUT2D eigenvalue weighted by molar-refractivity contribution is -0.145. The largest absolute Gasteiger partial charge is 0.469 e. The number of carbonyl (C=O) groups is 2. The van der Waals surface area contributed by atoms with Crippen LogP contribution >= 0.6 is 0 Å². The van der Waals surface area contributed by atoms with Crippen molar-refractivity contribution in [1.82, 2.24) is 5.32 Å². The van der Waals surface area contributed by atoms with Gasteiger partial charge in [0.15, 0.2) is 0 Å². The summed E-state index contributed by atoms with van der Waals surface area (Å²) >= 11 is 0. The first-order valence-corrected chi connectivity index (χ1v) is 5.00. The van der Waals surface area contributed by atoms with Gasteiger partial charge in [-0.2, -0.15) is 0 Å². The Kier molecular flexibility index (Phi) is 3.92. The van der Waals surface area contributed by atoms with Gasteiger partial charge in [-0.15, -0.1) is 0 Å². The number of carbonyl (C=O) groups excluding carboxylic acids is 2. The molecule has 1 aliphatic heterocycles. The zero-order valence-electron chi connectivity index (χ0n) is 8.71. The van der Waals surface area contributed by atoms with E-state index in [-0.39, 0.29) is 23.8 Å². The van der Waals surface area contributed by atoms with E-state index in [9.17, 15) is 9.59 Å². The van der Waals surface area contributed by atoms with Crippen molar-refractivity contribution in [2.45, 2.75) is 38.6 Å². The molecule has 0 spiro atoms. The molecule has 14 heavy (non-hydrogen) atoms. The van der Waals surface area contributed by atoms with E-state index >= 15 is 0 Å². The summed E-state index contributed by atoms with van der Waals surface area (Å²) in [6.07, 6.45) is 3.18. The van der Waals surface area contributed by atoms with Crippen LogP contribution in [0.2, 0.25) is 0 Å². The molecular formula is C10H17NO3. The first-order chi connectivity index (χ1) is 6.63. The summed E-state index contributed by atoms with van der Waals surface area (Å²) in [6, 6.07) is 0.144. The first-order valence-electron chi connectivity index (χ1n) is 5.00. The van der Waals surface area contributed by atoms with Gasteiger partial charge < -0.3 is 10.1 Å². The molecule has 80 valence electrons. The second-order valence-corrected chi connectivity index (χ2v) is 3.82. The molecule has 0 aromatic rings.